The molecule has 0 aliphatic carbocycles. The summed E-state index contributed by atoms with van der Waals surface area (Å²) in [4.78, 5) is 99.2. The molecule has 5 aliphatic heterocycles. The van der Waals surface area contributed by atoms with E-state index in [1.54, 1.807) is 51.3 Å². The Labute approximate surface area is 645 Å². The zero-order chi connectivity index (χ0) is 76.6. The van der Waals surface area contributed by atoms with Gasteiger partial charge in [0.05, 0.1) is 17.7 Å². The summed E-state index contributed by atoms with van der Waals surface area (Å²) in [6.07, 6.45) is 12.8. The highest BCUT2D eigenvalue weighted by Crippen LogP contribution is 2.47. The number of Topliss-reactive ketones (excluding diaryl/α,β-unsaturated/α-hetero) is 1. The minimum Gasteiger partial charge on any atom is -0.480 e. The predicted molar refractivity (Wildman–Crippen MR) is 426 cm³/mol. The molecule has 0 aromatic rings. The number of amides is 4. The first-order valence-electron chi connectivity index (χ1n) is 29.1. The van der Waals surface area contributed by atoms with Crippen LogP contribution in [0.25, 0.3) is 5.53 Å². The average Bonchev–Trinajstić information content (AvgIpc) is 1.66. The monoisotopic (exact) mass is 1690 g/mol. The summed E-state index contributed by atoms with van der Waals surface area (Å²) in [7, 11) is 5.70. The van der Waals surface area contributed by atoms with E-state index in [0.29, 0.717) is 39.0 Å². The highest BCUT2D eigenvalue weighted by Gasteiger charge is 2.48. The molecule has 5 heterocycles. The maximum absolute atomic E-state index is 11.8. The second-order valence-corrected chi connectivity index (χ2v) is 38.8. The van der Waals surface area contributed by atoms with E-state index in [9.17, 15) is 48.0 Å². The molecule has 0 aromatic heterocycles. The first-order chi connectivity index (χ1) is 43.9. The van der Waals surface area contributed by atoms with Crippen LogP contribution in [0.4, 0.5) is 19.2 Å². The number of aliphatic carboxylic acids is 2. The van der Waals surface area contributed by atoms with Crippen LogP contribution in [0.15, 0.2) is 0 Å². The third kappa shape index (κ3) is 43.2. The molecule has 0 radical (unpaired) electrons. The van der Waals surface area contributed by atoms with Crippen molar-refractivity contribution in [2.75, 3.05) is 53.6 Å². The second-order valence-electron chi connectivity index (χ2n) is 26.0. The normalized spacial score (nSPS) is 21.5. The fourth-order valence-electron chi connectivity index (χ4n) is 8.71. The molecular weight excluding hydrogens is 1580 g/mol. The van der Waals surface area contributed by atoms with E-state index in [4.69, 9.17) is 41.1 Å². The van der Waals surface area contributed by atoms with Gasteiger partial charge in [-0.25, -0.2) is 28.5 Å². The van der Waals surface area contributed by atoms with Crippen LogP contribution in [-0.4, -0.2) is 197 Å². The van der Waals surface area contributed by atoms with Crippen molar-refractivity contribution in [3.63, 3.8) is 0 Å². The molecule has 0 unspecified atom stereocenters. The summed E-state index contributed by atoms with van der Waals surface area (Å²) in [5, 5.41) is 30.0. The maximum atomic E-state index is 11.8. The van der Waals surface area contributed by atoms with Gasteiger partial charge in [-0.05, 0) is 188 Å². The molecule has 5 aliphatic rings. The summed E-state index contributed by atoms with van der Waals surface area (Å²) in [6.45, 7) is 35.0. The highest BCUT2D eigenvalue weighted by molar-refractivity contribution is 8.59. The summed E-state index contributed by atoms with van der Waals surface area (Å²) >= 11 is 33.1. The number of carboxylic acid groups (broad SMARTS) is 2. The number of ether oxygens (including phenoxy) is 4. The van der Waals surface area contributed by atoms with Crippen LogP contribution >= 0.6 is 21.1 Å². The van der Waals surface area contributed by atoms with Crippen molar-refractivity contribution >= 4 is 218 Å². The molecule has 5 rings (SSSR count). The second kappa shape index (κ2) is 52.7. The molecule has 4 N–H and O–H groups in total. The molecule has 4 amide bonds. The van der Waals surface area contributed by atoms with Crippen molar-refractivity contribution in [1.29, 1.82) is 0 Å². The number of ketones is 1. The third-order valence-corrected chi connectivity index (χ3v) is 22.2. The lowest BCUT2D eigenvalue weighted by Crippen LogP contribution is -2.52. The van der Waals surface area contributed by atoms with Crippen molar-refractivity contribution in [1.82, 2.24) is 24.9 Å². The summed E-state index contributed by atoms with van der Waals surface area (Å²) in [6, 6.07) is 0. The lowest BCUT2D eigenvalue weighted by molar-refractivity contribution is -0.148. The Morgan fingerprint density at radius 3 is 1.26 bits per heavy atom. The topological polar surface area (TPSA) is 331 Å². The van der Waals surface area contributed by atoms with E-state index < -0.39 is 93.1 Å². The number of rotatable bonds is 8. The summed E-state index contributed by atoms with van der Waals surface area (Å²) < 4.78 is 41.3. The van der Waals surface area contributed by atoms with Crippen molar-refractivity contribution in [3.05, 3.63) is 5.53 Å². The van der Waals surface area contributed by atoms with Crippen molar-refractivity contribution in [2.45, 2.75) is 246 Å². The minimum atomic E-state index is -3.70. The smallest absolute Gasteiger partial charge is 0.446 e. The number of hydrogen-bond donors (Lipinski definition) is 4. The zero-order valence-corrected chi connectivity index (χ0v) is 72.1. The number of aliphatic hydroxyl groups is 1. The molecule has 0 aromatic carbocycles. The molecular formula is C57H104N7O18PS15. The zero-order valence-electron chi connectivity index (χ0n) is 58.8. The van der Waals surface area contributed by atoms with E-state index in [2.05, 4.69) is 115 Å². The van der Waals surface area contributed by atoms with Gasteiger partial charge in [0.1, 0.15) is 45.3 Å². The Morgan fingerprint density at radius 1 is 0.612 bits per heavy atom. The first kappa shape index (κ1) is 109. The number of likely N-dealkylation sites (tertiary alicyclic amines) is 4. The largest absolute Gasteiger partial charge is 0.480 e. The van der Waals surface area contributed by atoms with E-state index in [1.165, 1.54) is 54.2 Å². The number of carbonyl (C=O) groups excluding carboxylic acids is 6. The Balaban J connectivity index is -0.000000195. The third-order valence-electron chi connectivity index (χ3n) is 13.6. The molecule has 5 atom stereocenters. The van der Waals surface area contributed by atoms with Gasteiger partial charge in [0.25, 0.3) is 0 Å². The number of carbonyl (C=O) groups is 8. The first-order valence-corrected chi connectivity index (χ1v) is 44.0. The molecule has 570 valence electrons. The van der Waals surface area contributed by atoms with Gasteiger partial charge in [0.15, 0.2) is 0 Å². The van der Waals surface area contributed by atoms with Gasteiger partial charge in [-0.2, -0.15) is 18.3 Å². The van der Waals surface area contributed by atoms with Crippen LogP contribution in [0.2, 0.25) is 0 Å². The molecule has 25 nitrogen and oxygen atoms in total. The fourth-order valence-corrected chi connectivity index (χ4v) is 12.4. The maximum Gasteiger partial charge on any atom is 0.446 e. The fraction of sp³-hybridized carbons (Fsp3) is 0.807. The average molecular weight is 1690 g/mol. The van der Waals surface area contributed by atoms with Crippen molar-refractivity contribution in [2.24, 2.45) is 0 Å². The number of carboxylic acids is 2. The van der Waals surface area contributed by atoms with Crippen molar-refractivity contribution in [3.8, 4) is 12.3 Å². The minimum absolute atomic E-state index is 0. The van der Waals surface area contributed by atoms with Crippen LogP contribution in [0, 0.1) is 12.3 Å². The van der Waals surface area contributed by atoms with Crippen LogP contribution in [-0.2, 0) is 195 Å². The van der Waals surface area contributed by atoms with Gasteiger partial charge in [0, 0.05) is 190 Å². The lowest BCUT2D eigenvalue weighted by atomic mass is 10.00. The summed E-state index contributed by atoms with van der Waals surface area (Å²) in [5.41, 5.74) is 2.33. The van der Waals surface area contributed by atoms with Gasteiger partial charge in [-0.1, -0.05) is 13.3 Å². The highest BCUT2D eigenvalue weighted by atomic mass is 33.3. The standard InChI is InChI=1S/C12H19NO2.C11H19NO4.C11H21NO3.C11H19NO3.C6H11NO2.C5H9N2O4P.CH4.S5.S4.S3.S2.H2S/c1-6-12(5)8-7-9-13(12)10(14)15-11(2,3)4;1-10(2,3)16-9(15)12-7-5-6-11(12,4)8(13)14;2*1-10(2,3)15-9(14)12-7-5-6-11(12,4)8-13;1-6(5(8)9)3-2-4-7-6;1-4(8)5(7-6)12(9,10-2)11-3;;1-3-5-4-2;1-3-4-2;1-3-2;1-2;/h1H,7-9H2,2-5H3;5-7H2,1-4H3,(H,13,14);13H,5-8H2,1-4H3;8H,5-7H2,1-4H3;7H,2-4H2,1H3,(H,8,9);1-3H3;1H4;;;;;1H2/t12-;3*11-;6-;;;;;;;/m01111......./s1. The van der Waals surface area contributed by atoms with Crippen LogP contribution in [0.3, 0.4) is 0 Å². The molecule has 41 heteroatoms. The number of nitrogens with zero attached hydrogens (tertiary/aromatic N) is 6. The van der Waals surface area contributed by atoms with Crippen LogP contribution in [0.5, 0.6) is 0 Å². The van der Waals surface area contributed by atoms with E-state index in [1.807, 2.05) is 76.2 Å². The molecule has 0 bridgehead atoms. The van der Waals surface area contributed by atoms with Gasteiger partial charge in [0.2, 0.25) is 5.78 Å². The Bertz CT molecular complexity index is 2950. The van der Waals surface area contributed by atoms with Gasteiger partial charge >= 0.3 is 49.4 Å². The Morgan fingerprint density at radius 2 is 0.969 bits per heavy atom. The number of nitrogens with one attached hydrogen (secondary N) is 1. The molecule has 0 saturated carbocycles. The van der Waals surface area contributed by atoms with E-state index in [0.717, 1.165) is 94.2 Å². The number of aldehydes is 1. The molecule has 5 saturated heterocycles. The van der Waals surface area contributed by atoms with Gasteiger partial charge in [-0.15, -0.1) is 6.42 Å². The van der Waals surface area contributed by atoms with Gasteiger partial charge < -0.3 is 63.9 Å². The Hall–Kier alpha value is -2.20. The quantitative estimate of drug-likeness (QED) is 0.0334. The van der Waals surface area contributed by atoms with Crippen molar-refractivity contribution < 1.29 is 91.0 Å². The number of terminal acetylenes is 1. The summed E-state index contributed by atoms with van der Waals surface area (Å²) in [5.74, 6) is 0.308. The van der Waals surface area contributed by atoms with Crippen LogP contribution < -0.4 is 5.32 Å². The SMILES string of the molecule is C.C#C[C@@]1(C)CCCN1C(=O)OC(C)(C)C.CC(C)(C)OC(=O)N1CCC[C@]1(C)C(=O)O.CC(C)(C)OC(=O)N1CCC[C@]1(C)C=O.CC(C)(C)OC(=O)N1CCC[C@]1(C)CO.COP(=O)(OC)C(=[N+]=[N-])C(C)=O.C[C@]1(C(=O)O)CCCN1.S.S=S.S=S=S.S=S=S=S.S=S=S=S=S. The van der Waals surface area contributed by atoms with Crippen LogP contribution in [0.1, 0.15) is 196 Å². The molecule has 5 fully saturated rings. The van der Waals surface area contributed by atoms with E-state index in [-0.39, 0.29) is 39.7 Å². The molecule has 0 spiro atoms. The number of aliphatic hydroxyl groups excluding tert-OH is 1. The van der Waals surface area contributed by atoms with E-state index >= 15 is 0 Å². The van der Waals surface area contributed by atoms with Gasteiger partial charge in [-0.3, -0.25) is 24.3 Å². The Kier molecular flexibility index (Phi) is 58.7. The molecule has 98 heavy (non-hydrogen) atoms. The predicted octanol–water partition coefficient (Wildman–Crippen LogP) is 9.63. The lowest BCUT2D eigenvalue weighted by Gasteiger charge is -2.34. The number of hydrogen-bond acceptors (Lipinski definition) is 25.